The highest BCUT2D eigenvalue weighted by molar-refractivity contribution is 9.10. The molecule has 0 bridgehead atoms. The molecule has 0 saturated heterocycles. The first-order chi connectivity index (χ1) is 12.1. The fourth-order valence-electron chi connectivity index (χ4n) is 2.93. The third-order valence-corrected chi connectivity index (χ3v) is 5.69. The van der Waals surface area contributed by atoms with Crippen molar-refractivity contribution in [3.05, 3.63) is 68.1 Å². The van der Waals surface area contributed by atoms with Crippen LogP contribution in [0.25, 0.3) is 0 Å². The summed E-state index contributed by atoms with van der Waals surface area (Å²) in [6, 6.07) is 10.8. The molecule has 136 valence electrons. The predicted octanol–water partition coefficient (Wildman–Crippen LogP) is 8.01. The number of benzene rings is 2. The molecule has 25 heavy (non-hydrogen) atoms. The van der Waals surface area contributed by atoms with Crippen molar-refractivity contribution in [1.82, 2.24) is 0 Å². The summed E-state index contributed by atoms with van der Waals surface area (Å²) >= 11 is 6.36. The van der Waals surface area contributed by atoms with E-state index in [2.05, 4.69) is 31.9 Å². The van der Waals surface area contributed by atoms with Gasteiger partial charge in [0, 0.05) is 0 Å². The fraction of sp³-hybridized carbons (Fsp3) is 0.429. The Bertz CT molecular complexity index is 613. The van der Waals surface area contributed by atoms with Crippen LogP contribution in [0.1, 0.15) is 56.1 Å². The molecule has 0 saturated carbocycles. The van der Waals surface area contributed by atoms with Crippen LogP contribution >= 0.6 is 31.9 Å². The quantitative estimate of drug-likeness (QED) is 0.306. The largest absolute Gasteiger partial charge is 0.206 e. The number of hydrogen-bond acceptors (Lipinski definition) is 0. The predicted molar refractivity (Wildman–Crippen MR) is 108 cm³/mol. The lowest BCUT2D eigenvalue weighted by Gasteiger charge is -2.05. The van der Waals surface area contributed by atoms with E-state index in [0.717, 1.165) is 36.8 Å². The van der Waals surface area contributed by atoms with E-state index in [9.17, 15) is 8.78 Å². The van der Waals surface area contributed by atoms with E-state index in [1.165, 1.54) is 32.1 Å². The zero-order valence-corrected chi connectivity index (χ0v) is 17.5. The van der Waals surface area contributed by atoms with Gasteiger partial charge in [0.1, 0.15) is 11.6 Å². The minimum Gasteiger partial charge on any atom is -0.206 e. The zero-order valence-electron chi connectivity index (χ0n) is 14.3. The summed E-state index contributed by atoms with van der Waals surface area (Å²) in [7, 11) is 0. The van der Waals surface area contributed by atoms with Crippen molar-refractivity contribution in [3.63, 3.8) is 0 Å². The molecular weight excluding hydrogens is 450 g/mol. The second kappa shape index (κ2) is 11.1. The maximum Gasteiger partial charge on any atom is 0.137 e. The van der Waals surface area contributed by atoms with Gasteiger partial charge in [0.25, 0.3) is 0 Å². The first kappa shape index (κ1) is 20.6. The standard InChI is InChI=1S/C21H24Br2F2/c22-18-12-10-16(14-20(18)24)8-6-4-2-1-3-5-7-9-17-11-13-19(23)21(25)15-17/h10-15H,1-9H2. The fourth-order valence-corrected chi connectivity index (χ4v) is 3.43. The molecule has 0 nitrogen and oxygen atoms in total. The molecule has 0 fully saturated rings. The van der Waals surface area contributed by atoms with Gasteiger partial charge in [-0.1, -0.05) is 44.2 Å². The van der Waals surface area contributed by atoms with Gasteiger partial charge < -0.3 is 0 Å². The second-order valence-corrected chi connectivity index (χ2v) is 8.18. The lowest BCUT2D eigenvalue weighted by molar-refractivity contribution is 0.575. The van der Waals surface area contributed by atoms with E-state index in [1.807, 2.05) is 12.1 Å². The number of hydrogen-bond donors (Lipinski definition) is 0. The van der Waals surface area contributed by atoms with Gasteiger partial charge in [-0.25, -0.2) is 8.78 Å². The lowest BCUT2D eigenvalue weighted by atomic mass is 10.0. The smallest absolute Gasteiger partial charge is 0.137 e. The summed E-state index contributed by atoms with van der Waals surface area (Å²) in [6.45, 7) is 0. The molecule has 0 heterocycles. The van der Waals surface area contributed by atoms with Gasteiger partial charge in [-0.15, -0.1) is 0 Å². The van der Waals surface area contributed by atoms with Crippen LogP contribution in [0.15, 0.2) is 45.3 Å². The minimum atomic E-state index is -0.178. The third kappa shape index (κ3) is 7.57. The first-order valence-corrected chi connectivity index (χ1v) is 10.5. The number of aryl methyl sites for hydroxylation is 2. The van der Waals surface area contributed by atoms with E-state index in [4.69, 9.17) is 0 Å². The van der Waals surface area contributed by atoms with Crippen LogP contribution in [0.2, 0.25) is 0 Å². The number of rotatable bonds is 10. The molecule has 0 unspecified atom stereocenters. The van der Waals surface area contributed by atoms with Crippen molar-refractivity contribution < 1.29 is 8.78 Å². The summed E-state index contributed by atoms with van der Waals surface area (Å²) in [4.78, 5) is 0. The van der Waals surface area contributed by atoms with Crippen LogP contribution in [0.3, 0.4) is 0 Å². The Balaban J connectivity index is 1.49. The molecule has 0 N–H and O–H groups in total. The molecule has 0 aromatic heterocycles. The van der Waals surface area contributed by atoms with Crippen LogP contribution in [-0.2, 0) is 12.8 Å². The Hall–Kier alpha value is -0.740. The normalized spacial score (nSPS) is 11.0. The highest BCUT2D eigenvalue weighted by Gasteiger charge is 2.02. The van der Waals surface area contributed by atoms with Gasteiger partial charge in [-0.3, -0.25) is 0 Å². The van der Waals surface area contributed by atoms with E-state index in [1.54, 1.807) is 24.3 Å². The van der Waals surface area contributed by atoms with E-state index in [0.29, 0.717) is 8.95 Å². The molecule has 0 amide bonds. The van der Waals surface area contributed by atoms with Crippen molar-refractivity contribution in [1.29, 1.82) is 0 Å². The van der Waals surface area contributed by atoms with Crippen LogP contribution in [0.4, 0.5) is 8.78 Å². The Labute approximate surface area is 166 Å². The van der Waals surface area contributed by atoms with Crippen LogP contribution in [-0.4, -0.2) is 0 Å². The van der Waals surface area contributed by atoms with Crippen molar-refractivity contribution in [2.45, 2.75) is 57.8 Å². The second-order valence-electron chi connectivity index (χ2n) is 6.47. The summed E-state index contributed by atoms with van der Waals surface area (Å²) < 4.78 is 27.9. The Morgan fingerprint density at radius 1 is 0.560 bits per heavy atom. The molecular formula is C21H24Br2F2. The number of halogens is 4. The van der Waals surface area contributed by atoms with Gasteiger partial charge in [-0.2, -0.15) is 0 Å². The number of unbranched alkanes of at least 4 members (excludes halogenated alkanes) is 6. The zero-order chi connectivity index (χ0) is 18.1. The minimum absolute atomic E-state index is 0.178. The molecule has 0 spiro atoms. The van der Waals surface area contributed by atoms with Crippen molar-refractivity contribution in [2.75, 3.05) is 0 Å². The average Bonchev–Trinajstić information content (AvgIpc) is 2.59. The molecule has 0 atom stereocenters. The van der Waals surface area contributed by atoms with Crippen molar-refractivity contribution >= 4 is 31.9 Å². The Morgan fingerprint density at radius 2 is 0.920 bits per heavy atom. The monoisotopic (exact) mass is 472 g/mol. The molecule has 2 rings (SSSR count). The highest BCUT2D eigenvalue weighted by Crippen LogP contribution is 2.19. The third-order valence-electron chi connectivity index (χ3n) is 4.40. The molecule has 4 heteroatoms. The Kier molecular flexibility index (Phi) is 9.11. The van der Waals surface area contributed by atoms with E-state index in [-0.39, 0.29) is 11.6 Å². The van der Waals surface area contributed by atoms with E-state index < -0.39 is 0 Å². The topological polar surface area (TPSA) is 0 Å². The molecule has 0 radical (unpaired) electrons. The molecule has 0 aliphatic carbocycles. The summed E-state index contributed by atoms with van der Waals surface area (Å²) in [5.41, 5.74) is 2.14. The van der Waals surface area contributed by atoms with Gasteiger partial charge in [0.05, 0.1) is 8.95 Å². The summed E-state index contributed by atoms with van der Waals surface area (Å²) in [5.74, 6) is -0.355. The van der Waals surface area contributed by atoms with Gasteiger partial charge in [0.15, 0.2) is 0 Å². The average molecular weight is 474 g/mol. The Morgan fingerprint density at radius 3 is 1.28 bits per heavy atom. The van der Waals surface area contributed by atoms with Gasteiger partial charge in [-0.05, 0) is 92.9 Å². The highest BCUT2D eigenvalue weighted by atomic mass is 79.9. The molecule has 2 aromatic carbocycles. The van der Waals surface area contributed by atoms with Crippen LogP contribution in [0.5, 0.6) is 0 Å². The maximum atomic E-state index is 13.4. The van der Waals surface area contributed by atoms with Crippen molar-refractivity contribution in [2.24, 2.45) is 0 Å². The maximum absolute atomic E-state index is 13.4. The molecule has 2 aromatic rings. The van der Waals surface area contributed by atoms with Gasteiger partial charge >= 0.3 is 0 Å². The first-order valence-electron chi connectivity index (χ1n) is 8.94. The van der Waals surface area contributed by atoms with Crippen molar-refractivity contribution in [3.8, 4) is 0 Å². The molecule has 0 aliphatic rings. The summed E-state index contributed by atoms with van der Waals surface area (Å²) in [5, 5.41) is 0. The van der Waals surface area contributed by atoms with Crippen LogP contribution in [0, 0.1) is 11.6 Å². The van der Waals surface area contributed by atoms with Crippen LogP contribution < -0.4 is 0 Å². The lowest BCUT2D eigenvalue weighted by Crippen LogP contribution is -1.90. The van der Waals surface area contributed by atoms with E-state index >= 15 is 0 Å². The van der Waals surface area contributed by atoms with Gasteiger partial charge in [0.2, 0.25) is 0 Å². The summed E-state index contributed by atoms with van der Waals surface area (Å²) in [6.07, 6.45) is 10.2. The SMILES string of the molecule is Fc1cc(CCCCCCCCCc2ccc(Br)c(F)c2)ccc1Br. The molecule has 0 aliphatic heterocycles.